The highest BCUT2D eigenvalue weighted by atomic mass is 19.1. The zero-order chi connectivity index (χ0) is 17.6. The molecular formula is C20H24FN3O. The van der Waals surface area contributed by atoms with Crippen molar-refractivity contribution in [2.45, 2.75) is 32.7 Å². The van der Waals surface area contributed by atoms with Crippen molar-refractivity contribution in [1.82, 2.24) is 14.5 Å². The van der Waals surface area contributed by atoms with E-state index in [1.807, 2.05) is 4.57 Å². The largest absolute Gasteiger partial charge is 0.312 e. The van der Waals surface area contributed by atoms with Crippen molar-refractivity contribution in [3.8, 4) is 11.1 Å². The van der Waals surface area contributed by atoms with Gasteiger partial charge in [0.05, 0.1) is 6.20 Å². The van der Waals surface area contributed by atoms with Crippen molar-refractivity contribution in [3.05, 3.63) is 52.5 Å². The van der Waals surface area contributed by atoms with Gasteiger partial charge in [0.15, 0.2) is 0 Å². The summed E-state index contributed by atoms with van der Waals surface area (Å²) in [6.07, 6.45) is 3.94. The van der Waals surface area contributed by atoms with Crippen LogP contribution in [0.4, 0.5) is 4.39 Å². The molecule has 0 unspecified atom stereocenters. The topological polar surface area (TPSA) is 38.1 Å². The number of hydrogen-bond acceptors (Lipinski definition) is 3. The fraction of sp³-hybridized carbons (Fsp3) is 0.500. The Morgan fingerprint density at radius 2 is 2.00 bits per heavy atom. The van der Waals surface area contributed by atoms with Crippen LogP contribution in [0.3, 0.4) is 0 Å². The summed E-state index contributed by atoms with van der Waals surface area (Å²) in [5.74, 6) is 1.19. The highest BCUT2D eigenvalue weighted by Crippen LogP contribution is 2.36. The summed E-state index contributed by atoms with van der Waals surface area (Å²) in [5, 5.41) is 0. The molecule has 2 bridgehead atoms. The third kappa shape index (κ3) is 3.25. The Kier molecular flexibility index (Phi) is 4.20. The molecule has 132 valence electrons. The lowest BCUT2D eigenvalue weighted by molar-refractivity contribution is 0.109. The molecule has 2 aliphatic rings. The molecule has 4 rings (SSSR count). The highest BCUT2D eigenvalue weighted by molar-refractivity contribution is 5.62. The molecule has 25 heavy (non-hydrogen) atoms. The summed E-state index contributed by atoms with van der Waals surface area (Å²) in [5.41, 5.74) is 2.54. The minimum absolute atomic E-state index is 0.0174. The second-order valence-electron chi connectivity index (χ2n) is 7.92. The maximum absolute atomic E-state index is 13.5. The second kappa shape index (κ2) is 6.37. The molecule has 2 aromatic rings. The lowest BCUT2D eigenvalue weighted by atomic mass is 9.82. The van der Waals surface area contributed by atoms with Crippen LogP contribution in [0.15, 0.2) is 35.4 Å². The maximum Gasteiger partial charge on any atom is 0.251 e. The first-order valence-corrected chi connectivity index (χ1v) is 9.07. The van der Waals surface area contributed by atoms with E-state index in [9.17, 15) is 9.18 Å². The zero-order valence-corrected chi connectivity index (χ0v) is 14.8. The average molecular weight is 341 g/mol. The number of pyridine rings is 2. The van der Waals surface area contributed by atoms with Crippen LogP contribution < -0.4 is 5.56 Å². The van der Waals surface area contributed by atoms with Gasteiger partial charge < -0.3 is 9.47 Å². The molecule has 1 fully saturated rings. The molecular weight excluding hydrogens is 317 g/mol. The summed E-state index contributed by atoms with van der Waals surface area (Å²) in [6, 6.07) is 5.13. The van der Waals surface area contributed by atoms with E-state index in [-0.39, 0.29) is 11.4 Å². The normalized spacial score (nSPS) is 22.9. The standard InChI is InChI=1S/C20H24FN3O/c1-13(2)9-23-10-14-3-17(12-23)19-5-15(6-20(25)24(19)11-14)16-4-18(21)8-22-7-16/h4-8,13-14,17H,3,9-12H2,1-2H3/t14-,17+/m0/s1. The molecule has 2 aromatic heterocycles. The van der Waals surface area contributed by atoms with Crippen LogP contribution >= 0.6 is 0 Å². The van der Waals surface area contributed by atoms with Crippen LogP contribution in [0.2, 0.25) is 0 Å². The fourth-order valence-electron chi connectivity index (χ4n) is 4.46. The summed E-state index contributed by atoms with van der Waals surface area (Å²) in [7, 11) is 0. The van der Waals surface area contributed by atoms with Gasteiger partial charge in [-0.15, -0.1) is 0 Å². The van der Waals surface area contributed by atoms with Crippen LogP contribution in [0.25, 0.3) is 11.1 Å². The molecule has 1 saturated heterocycles. The van der Waals surface area contributed by atoms with Crippen molar-refractivity contribution in [2.24, 2.45) is 11.8 Å². The maximum atomic E-state index is 13.5. The Morgan fingerprint density at radius 1 is 1.16 bits per heavy atom. The highest BCUT2D eigenvalue weighted by Gasteiger charge is 2.34. The zero-order valence-electron chi connectivity index (χ0n) is 14.8. The van der Waals surface area contributed by atoms with Crippen LogP contribution in [0.5, 0.6) is 0 Å². The molecule has 0 radical (unpaired) electrons. The third-order valence-electron chi connectivity index (χ3n) is 5.29. The first-order valence-electron chi connectivity index (χ1n) is 9.07. The van der Waals surface area contributed by atoms with Crippen molar-refractivity contribution in [3.63, 3.8) is 0 Å². The first-order chi connectivity index (χ1) is 12.0. The number of halogens is 1. The summed E-state index contributed by atoms with van der Waals surface area (Å²) in [4.78, 5) is 19.1. The predicted molar refractivity (Wildman–Crippen MR) is 96.0 cm³/mol. The molecule has 0 N–H and O–H groups in total. The van der Waals surface area contributed by atoms with Gasteiger partial charge in [-0.2, -0.15) is 0 Å². The summed E-state index contributed by atoms with van der Waals surface area (Å²) >= 11 is 0. The number of hydrogen-bond donors (Lipinski definition) is 0. The van der Waals surface area contributed by atoms with Gasteiger partial charge in [-0.3, -0.25) is 9.78 Å². The molecule has 4 nitrogen and oxygen atoms in total. The molecule has 2 aliphatic heterocycles. The quantitative estimate of drug-likeness (QED) is 0.861. The Hall–Kier alpha value is -2.01. The van der Waals surface area contributed by atoms with Gasteiger partial charge in [0.25, 0.3) is 5.56 Å². The Labute approximate surface area is 147 Å². The van der Waals surface area contributed by atoms with E-state index < -0.39 is 0 Å². The van der Waals surface area contributed by atoms with Gasteiger partial charge in [0.1, 0.15) is 5.82 Å². The number of likely N-dealkylation sites (tertiary alicyclic amines) is 1. The second-order valence-corrected chi connectivity index (χ2v) is 7.92. The molecule has 0 aromatic carbocycles. The van der Waals surface area contributed by atoms with E-state index >= 15 is 0 Å². The van der Waals surface area contributed by atoms with E-state index in [0.717, 1.165) is 43.9 Å². The van der Waals surface area contributed by atoms with Gasteiger partial charge >= 0.3 is 0 Å². The van der Waals surface area contributed by atoms with Gasteiger partial charge in [0, 0.05) is 55.6 Å². The van der Waals surface area contributed by atoms with Crippen molar-refractivity contribution in [1.29, 1.82) is 0 Å². The number of nitrogens with zero attached hydrogens (tertiary/aromatic N) is 3. The van der Waals surface area contributed by atoms with E-state index in [1.54, 1.807) is 12.3 Å². The van der Waals surface area contributed by atoms with Gasteiger partial charge in [-0.25, -0.2) is 4.39 Å². The van der Waals surface area contributed by atoms with Crippen LogP contribution in [-0.4, -0.2) is 34.1 Å². The van der Waals surface area contributed by atoms with E-state index in [0.29, 0.717) is 23.3 Å². The fourth-order valence-corrected chi connectivity index (χ4v) is 4.46. The molecule has 4 heterocycles. The minimum atomic E-state index is -0.379. The number of fused-ring (bicyclic) bond motifs is 4. The molecule has 0 saturated carbocycles. The van der Waals surface area contributed by atoms with Gasteiger partial charge in [-0.1, -0.05) is 13.8 Å². The van der Waals surface area contributed by atoms with Crippen molar-refractivity contribution >= 4 is 0 Å². The monoisotopic (exact) mass is 341 g/mol. The van der Waals surface area contributed by atoms with Crippen molar-refractivity contribution < 1.29 is 4.39 Å². The van der Waals surface area contributed by atoms with Crippen molar-refractivity contribution in [2.75, 3.05) is 19.6 Å². The Balaban J connectivity index is 1.72. The van der Waals surface area contributed by atoms with Gasteiger partial charge in [0.2, 0.25) is 0 Å². The van der Waals surface area contributed by atoms with Crippen LogP contribution in [0, 0.1) is 17.7 Å². The van der Waals surface area contributed by atoms with Crippen LogP contribution in [0.1, 0.15) is 31.9 Å². The molecule has 0 amide bonds. The first kappa shape index (κ1) is 16.5. The summed E-state index contributed by atoms with van der Waals surface area (Å²) in [6.45, 7) is 8.47. The smallest absolute Gasteiger partial charge is 0.251 e. The molecule has 5 heteroatoms. The third-order valence-corrected chi connectivity index (χ3v) is 5.29. The number of piperidine rings is 1. The van der Waals surface area contributed by atoms with E-state index in [1.165, 1.54) is 12.3 Å². The summed E-state index contributed by atoms with van der Waals surface area (Å²) < 4.78 is 15.4. The minimum Gasteiger partial charge on any atom is -0.312 e. The molecule has 0 spiro atoms. The lowest BCUT2D eigenvalue weighted by Crippen LogP contribution is -2.48. The number of rotatable bonds is 3. The lowest BCUT2D eigenvalue weighted by Gasteiger charge is -2.43. The van der Waals surface area contributed by atoms with E-state index in [4.69, 9.17) is 0 Å². The SMILES string of the molecule is CC(C)CN1C[C@@H]2C[C@H](C1)c1cc(-c3cncc(F)c3)cc(=O)n1C2. The predicted octanol–water partition coefficient (Wildman–Crippen LogP) is 3.12. The Morgan fingerprint density at radius 3 is 2.76 bits per heavy atom. The molecule has 0 aliphatic carbocycles. The Bertz CT molecular complexity index is 845. The van der Waals surface area contributed by atoms with Gasteiger partial charge in [-0.05, 0) is 36.0 Å². The van der Waals surface area contributed by atoms with E-state index in [2.05, 4.69) is 29.8 Å². The number of aromatic nitrogens is 2. The average Bonchev–Trinajstić information content (AvgIpc) is 2.55. The van der Waals surface area contributed by atoms with Crippen LogP contribution in [-0.2, 0) is 6.54 Å². The molecule has 2 atom stereocenters.